The molecule has 1 aromatic heterocycles. The number of imidazole rings is 1. The number of aryl methyl sites for hydroxylation is 1. The molecule has 0 aliphatic heterocycles. The summed E-state index contributed by atoms with van der Waals surface area (Å²) in [6.45, 7) is 5.54. The molecule has 1 saturated carbocycles. The molecule has 2 rings (SSSR count). The fourth-order valence-electron chi connectivity index (χ4n) is 3.26. The van der Waals surface area contributed by atoms with Crippen LogP contribution in [0.4, 0.5) is 0 Å². The lowest BCUT2D eigenvalue weighted by Gasteiger charge is -2.33. The van der Waals surface area contributed by atoms with E-state index >= 15 is 0 Å². The van der Waals surface area contributed by atoms with Crippen molar-refractivity contribution in [1.82, 2.24) is 14.9 Å². The Hall–Kier alpha value is -0.830. The maximum Gasteiger partial charge on any atom is 0.0947 e. The van der Waals surface area contributed by atoms with E-state index < -0.39 is 0 Å². The van der Waals surface area contributed by atoms with E-state index in [4.69, 9.17) is 0 Å². The highest BCUT2D eigenvalue weighted by atomic mass is 15.0. The summed E-state index contributed by atoms with van der Waals surface area (Å²) in [5, 5.41) is 3.64. The minimum Gasteiger partial charge on any atom is -0.340 e. The zero-order valence-electron chi connectivity index (χ0n) is 12.0. The molecule has 1 fully saturated rings. The Balaban J connectivity index is 2.02. The molecule has 1 unspecified atom stereocenters. The van der Waals surface area contributed by atoms with Crippen molar-refractivity contribution >= 4 is 0 Å². The Morgan fingerprint density at radius 2 is 2.06 bits per heavy atom. The predicted molar refractivity (Wildman–Crippen MR) is 75.4 cm³/mol. The van der Waals surface area contributed by atoms with E-state index in [1.165, 1.54) is 37.8 Å². The van der Waals surface area contributed by atoms with Crippen LogP contribution >= 0.6 is 0 Å². The SMILES string of the molecule is CCNC(c1cn(C)cn1)C1CCC(CC)CC1. The summed E-state index contributed by atoms with van der Waals surface area (Å²) in [5.41, 5.74) is 1.22. The normalized spacial score (nSPS) is 26.2. The summed E-state index contributed by atoms with van der Waals surface area (Å²) < 4.78 is 2.05. The fourth-order valence-corrected chi connectivity index (χ4v) is 3.26. The molecule has 1 aliphatic rings. The molecule has 0 aromatic carbocycles. The first-order chi connectivity index (χ1) is 8.74. The Bertz CT molecular complexity index is 350. The van der Waals surface area contributed by atoms with Gasteiger partial charge in [-0.3, -0.25) is 0 Å². The highest BCUT2D eigenvalue weighted by Crippen LogP contribution is 2.37. The molecule has 1 heterocycles. The highest BCUT2D eigenvalue weighted by Gasteiger charge is 2.28. The van der Waals surface area contributed by atoms with Crippen LogP contribution in [0.3, 0.4) is 0 Å². The molecular formula is C15H27N3. The van der Waals surface area contributed by atoms with Crippen molar-refractivity contribution < 1.29 is 0 Å². The van der Waals surface area contributed by atoms with Gasteiger partial charge < -0.3 is 9.88 Å². The fraction of sp³-hybridized carbons (Fsp3) is 0.800. The minimum atomic E-state index is 0.453. The molecule has 3 nitrogen and oxygen atoms in total. The van der Waals surface area contributed by atoms with E-state index in [1.807, 2.05) is 13.4 Å². The van der Waals surface area contributed by atoms with Gasteiger partial charge in [0, 0.05) is 13.2 Å². The maximum atomic E-state index is 4.55. The summed E-state index contributed by atoms with van der Waals surface area (Å²) in [4.78, 5) is 4.55. The van der Waals surface area contributed by atoms with Crippen LogP contribution in [-0.2, 0) is 7.05 Å². The highest BCUT2D eigenvalue weighted by molar-refractivity contribution is 5.06. The Kier molecular flexibility index (Phi) is 4.81. The number of hydrogen-bond donors (Lipinski definition) is 1. The molecule has 1 aromatic rings. The second-order valence-corrected chi connectivity index (χ2v) is 5.69. The monoisotopic (exact) mass is 249 g/mol. The number of rotatable bonds is 5. The molecule has 0 amide bonds. The van der Waals surface area contributed by atoms with Crippen molar-refractivity contribution in [2.75, 3.05) is 6.54 Å². The van der Waals surface area contributed by atoms with Gasteiger partial charge in [-0.05, 0) is 31.2 Å². The van der Waals surface area contributed by atoms with Gasteiger partial charge >= 0.3 is 0 Å². The van der Waals surface area contributed by atoms with Crippen molar-refractivity contribution in [2.24, 2.45) is 18.9 Å². The van der Waals surface area contributed by atoms with Gasteiger partial charge in [-0.15, -0.1) is 0 Å². The van der Waals surface area contributed by atoms with Crippen LogP contribution in [0.25, 0.3) is 0 Å². The first-order valence-electron chi connectivity index (χ1n) is 7.45. The molecule has 1 atom stereocenters. The zero-order chi connectivity index (χ0) is 13.0. The molecule has 0 bridgehead atoms. The minimum absolute atomic E-state index is 0.453. The van der Waals surface area contributed by atoms with Crippen molar-refractivity contribution in [3.8, 4) is 0 Å². The Morgan fingerprint density at radius 3 is 2.56 bits per heavy atom. The van der Waals surface area contributed by atoms with Gasteiger partial charge in [0.25, 0.3) is 0 Å². The average molecular weight is 249 g/mol. The van der Waals surface area contributed by atoms with Crippen molar-refractivity contribution in [1.29, 1.82) is 0 Å². The van der Waals surface area contributed by atoms with E-state index in [1.54, 1.807) is 0 Å². The van der Waals surface area contributed by atoms with Crippen LogP contribution in [0.1, 0.15) is 57.7 Å². The van der Waals surface area contributed by atoms with E-state index in [0.717, 1.165) is 18.4 Å². The smallest absolute Gasteiger partial charge is 0.0947 e. The molecule has 1 N–H and O–H groups in total. The molecule has 18 heavy (non-hydrogen) atoms. The molecular weight excluding hydrogens is 222 g/mol. The van der Waals surface area contributed by atoms with Crippen LogP contribution in [0.15, 0.2) is 12.5 Å². The lowest BCUT2D eigenvalue weighted by atomic mass is 9.77. The standard InChI is InChI=1S/C15H27N3/c1-4-12-6-8-13(9-7-12)15(16-5-2)14-10-18(3)11-17-14/h10-13,15-16H,4-9H2,1-3H3. The Labute approximate surface area is 111 Å². The topological polar surface area (TPSA) is 29.9 Å². The van der Waals surface area contributed by atoms with Gasteiger partial charge in [0.2, 0.25) is 0 Å². The van der Waals surface area contributed by atoms with Gasteiger partial charge in [0.15, 0.2) is 0 Å². The lowest BCUT2D eigenvalue weighted by molar-refractivity contribution is 0.218. The molecule has 102 valence electrons. The van der Waals surface area contributed by atoms with Crippen LogP contribution in [0.5, 0.6) is 0 Å². The first kappa shape index (κ1) is 13.6. The van der Waals surface area contributed by atoms with Gasteiger partial charge in [0.1, 0.15) is 0 Å². The van der Waals surface area contributed by atoms with Crippen molar-refractivity contribution in [2.45, 2.75) is 52.0 Å². The third-order valence-electron chi connectivity index (χ3n) is 4.41. The third-order valence-corrected chi connectivity index (χ3v) is 4.41. The Morgan fingerprint density at radius 1 is 1.33 bits per heavy atom. The maximum absolute atomic E-state index is 4.55. The molecule has 1 aliphatic carbocycles. The van der Waals surface area contributed by atoms with Crippen molar-refractivity contribution in [3.63, 3.8) is 0 Å². The van der Waals surface area contributed by atoms with Crippen molar-refractivity contribution in [3.05, 3.63) is 18.2 Å². The van der Waals surface area contributed by atoms with E-state index in [-0.39, 0.29) is 0 Å². The molecule has 0 spiro atoms. The molecule has 0 saturated heterocycles. The van der Waals surface area contributed by atoms with E-state index in [2.05, 4.69) is 34.9 Å². The second kappa shape index (κ2) is 6.37. The predicted octanol–water partition coefficient (Wildman–Crippen LogP) is 3.29. The summed E-state index contributed by atoms with van der Waals surface area (Å²) in [6, 6.07) is 0.453. The van der Waals surface area contributed by atoms with Gasteiger partial charge in [-0.25, -0.2) is 4.98 Å². The lowest BCUT2D eigenvalue weighted by Crippen LogP contribution is -2.31. The van der Waals surface area contributed by atoms with Gasteiger partial charge in [0.05, 0.1) is 18.1 Å². The first-order valence-corrected chi connectivity index (χ1v) is 7.45. The summed E-state index contributed by atoms with van der Waals surface area (Å²) >= 11 is 0. The third kappa shape index (κ3) is 3.14. The number of aromatic nitrogens is 2. The summed E-state index contributed by atoms with van der Waals surface area (Å²) in [6.07, 6.45) is 10.9. The van der Waals surface area contributed by atoms with Gasteiger partial charge in [-0.1, -0.05) is 33.1 Å². The second-order valence-electron chi connectivity index (χ2n) is 5.69. The molecule has 0 radical (unpaired) electrons. The number of hydrogen-bond acceptors (Lipinski definition) is 2. The number of nitrogens with one attached hydrogen (secondary N) is 1. The zero-order valence-corrected chi connectivity index (χ0v) is 12.0. The molecule has 3 heteroatoms. The van der Waals surface area contributed by atoms with E-state index in [0.29, 0.717) is 6.04 Å². The van der Waals surface area contributed by atoms with Crippen LogP contribution in [0, 0.1) is 11.8 Å². The largest absolute Gasteiger partial charge is 0.340 e. The van der Waals surface area contributed by atoms with Crippen LogP contribution in [-0.4, -0.2) is 16.1 Å². The summed E-state index contributed by atoms with van der Waals surface area (Å²) in [5.74, 6) is 1.73. The number of nitrogens with zero attached hydrogens (tertiary/aromatic N) is 2. The average Bonchev–Trinajstić information content (AvgIpc) is 2.82. The van der Waals surface area contributed by atoms with Crippen LogP contribution in [0.2, 0.25) is 0 Å². The van der Waals surface area contributed by atoms with E-state index in [9.17, 15) is 0 Å². The van der Waals surface area contributed by atoms with Crippen LogP contribution < -0.4 is 5.32 Å². The summed E-state index contributed by atoms with van der Waals surface area (Å²) in [7, 11) is 2.05. The quantitative estimate of drug-likeness (QED) is 0.868. The van der Waals surface area contributed by atoms with Gasteiger partial charge in [-0.2, -0.15) is 0 Å².